The first-order chi connectivity index (χ1) is 10.6. The van der Waals surface area contributed by atoms with Gasteiger partial charge in [-0.1, -0.05) is 55.2 Å². The molecule has 0 saturated carbocycles. The summed E-state index contributed by atoms with van der Waals surface area (Å²) in [5.74, 6) is 0.674. The molecule has 2 N–H and O–H groups in total. The number of ether oxygens (including phenoxy) is 1. The zero-order valence-electron chi connectivity index (χ0n) is 13.6. The van der Waals surface area contributed by atoms with Crippen LogP contribution in [0.25, 0.3) is 0 Å². The molecular formula is C18H25BO3. The van der Waals surface area contributed by atoms with Crippen LogP contribution in [-0.4, -0.2) is 23.8 Å². The Morgan fingerprint density at radius 1 is 1.09 bits per heavy atom. The van der Waals surface area contributed by atoms with Gasteiger partial charge in [0.05, 0.1) is 0 Å². The van der Waals surface area contributed by atoms with Gasteiger partial charge in [0, 0.05) is 0 Å². The van der Waals surface area contributed by atoms with Crippen molar-refractivity contribution in [1.29, 1.82) is 0 Å². The minimum atomic E-state index is -1.45. The SMILES string of the molecule is C/C=C\C.C=C/C(=C\C=C/C)COc1ccc(B(O)O)cc1. The number of rotatable bonds is 6. The van der Waals surface area contributed by atoms with E-state index in [2.05, 4.69) is 6.58 Å². The van der Waals surface area contributed by atoms with Crippen LogP contribution in [0.5, 0.6) is 5.75 Å². The van der Waals surface area contributed by atoms with Crippen molar-refractivity contribution < 1.29 is 14.8 Å². The second-order valence-electron chi connectivity index (χ2n) is 4.37. The summed E-state index contributed by atoms with van der Waals surface area (Å²) in [5.41, 5.74) is 1.41. The molecule has 0 saturated heterocycles. The number of hydrogen-bond acceptors (Lipinski definition) is 3. The molecule has 0 spiro atoms. The molecule has 0 bridgehead atoms. The van der Waals surface area contributed by atoms with Crippen LogP contribution in [0.2, 0.25) is 0 Å². The van der Waals surface area contributed by atoms with E-state index in [0.29, 0.717) is 17.8 Å². The highest BCUT2D eigenvalue weighted by molar-refractivity contribution is 6.58. The molecule has 0 radical (unpaired) electrons. The molecule has 0 fully saturated rings. The van der Waals surface area contributed by atoms with Gasteiger partial charge >= 0.3 is 7.12 Å². The topological polar surface area (TPSA) is 49.7 Å². The third-order valence-corrected chi connectivity index (χ3v) is 2.68. The molecule has 22 heavy (non-hydrogen) atoms. The summed E-state index contributed by atoms with van der Waals surface area (Å²) in [4.78, 5) is 0. The molecule has 1 aromatic carbocycles. The highest BCUT2D eigenvalue weighted by Gasteiger charge is 2.09. The molecule has 0 atom stereocenters. The molecule has 0 heterocycles. The first-order valence-electron chi connectivity index (χ1n) is 7.19. The lowest BCUT2D eigenvalue weighted by Crippen LogP contribution is -2.29. The van der Waals surface area contributed by atoms with E-state index < -0.39 is 7.12 Å². The molecule has 3 nitrogen and oxygen atoms in total. The van der Waals surface area contributed by atoms with Crippen molar-refractivity contribution in [2.45, 2.75) is 20.8 Å². The van der Waals surface area contributed by atoms with Crippen LogP contribution in [0.15, 0.2) is 72.9 Å². The van der Waals surface area contributed by atoms with Gasteiger partial charge in [-0.05, 0) is 43.9 Å². The Balaban J connectivity index is 0.000000980. The Morgan fingerprint density at radius 2 is 1.68 bits per heavy atom. The first kappa shape index (κ1) is 20.0. The standard InChI is InChI=1S/C14H17BO3.C4H8/c1-3-5-6-12(4-2)11-18-14-9-7-13(8-10-14)15(16)17;1-3-4-2/h3-10,16-17H,2,11H2,1H3;3-4H,1-2H3/b5-3-,12-6+;4-3-. The molecule has 0 unspecified atom stereocenters. The predicted octanol–water partition coefficient (Wildman–Crippen LogP) is 3.02. The fourth-order valence-corrected chi connectivity index (χ4v) is 1.30. The van der Waals surface area contributed by atoms with E-state index in [0.717, 1.165) is 5.57 Å². The van der Waals surface area contributed by atoms with Crippen molar-refractivity contribution >= 4 is 12.6 Å². The number of benzene rings is 1. The van der Waals surface area contributed by atoms with Crippen molar-refractivity contribution in [3.8, 4) is 5.75 Å². The molecule has 118 valence electrons. The van der Waals surface area contributed by atoms with Crippen LogP contribution in [0.3, 0.4) is 0 Å². The van der Waals surface area contributed by atoms with Gasteiger partial charge in [0.2, 0.25) is 0 Å². The van der Waals surface area contributed by atoms with Gasteiger partial charge < -0.3 is 14.8 Å². The summed E-state index contributed by atoms with van der Waals surface area (Å²) in [5, 5.41) is 17.9. The molecule has 0 aliphatic heterocycles. The zero-order chi connectivity index (χ0) is 16.8. The molecule has 0 amide bonds. The van der Waals surface area contributed by atoms with Gasteiger partial charge in [-0.3, -0.25) is 0 Å². The largest absolute Gasteiger partial charge is 0.489 e. The van der Waals surface area contributed by atoms with E-state index >= 15 is 0 Å². The van der Waals surface area contributed by atoms with E-state index in [1.54, 1.807) is 30.3 Å². The number of allylic oxidation sites excluding steroid dienone is 5. The Kier molecular flexibility index (Phi) is 11.5. The summed E-state index contributed by atoms with van der Waals surface area (Å²) in [6, 6.07) is 6.63. The highest BCUT2D eigenvalue weighted by atomic mass is 16.5. The first-order valence-corrected chi connectivity index (χ1v) is 7.19. The third kappa shape index (κ3) is 9.00. The summed E-state index contributed by atoms with van der Waals surface area (Å²) >= 11 is 0. The van der Waals surface area contributed by atoms with E-state index in [-0.39, 0.29) is 0 Å². The van der Waals surface area contributed by atoms with Crippen LogP contribution in [-0.2, 0) is 0 Å². The second kappa shape index (κ2) is 12.7. The lowest BCUT2D eigenvalue weighted by Gasteiger charge is -2.07. The fraction of sp³-hybridized carbons (Fsp3) is 0.222. The van der Waals surface area contributed by atoms with E-state index in [1.807, 2.05) is 51.2 Å². The van der Waals surface area contributed by atoms with Crippen molar-refractivity contribution in [3.63, 3.8) is 0 Å². The maximum Gasteiger partial charge on any atom is 0.488 e. The monoisotopic (exact) mass is 300 g/mol. The highest BCUT2D eigenvalue weighted by Crippen LogP contribution is 2.09. The minimum Gasteiger partial charge on any atom is -0.489 e. The van der Waals surface area contributed by atoms with Crippen molar-refractivity contribution in [3.05, 3.63) is 72.9 Å². The maximum atomic E-state index is 8.95. The maximum absolute atomic E-state index is 8.95. The van der Waals surface area contributed by atoms with Gasteiger partial charge in [-0.15, -0.1) is 0 Å². The molecular weight excluding hydrogens is 275 g/mol. The average molecular weight is 300 g/mol. The molecule has 0 aromatic heterocycles. The van der Waals surface area contributed by atoms with Crippen molar-refractivity contribution in [1.82, 2.24) is 0 Å². The average Bonchev–Trinajstić information content (AvgIpc) is 2.55. The van der Waals surface area contributed by atoms with Gasteiger partial charge in [0.25, 0.3) is 0 Å². The quantitative estimate of drug-likeness (QED) is 0.482. The number of hydrogen-bond donors (Lipinski definition) is 2. The molecule has 1 rings (SSSR count). The van der Waals surface area contributed by atoms with E-state index in [4.69, 9.17) is 14.8 Å². The van der Waals surface area contributed by atoms with Crippen molar-refractivity contribution in [2.75, 3.05) is 6.61 Å². The van der Waals surface area contributed by atoms with Gasteiger partial charge in [0.1, 0.15) is 12.4 Å². The van der Waals surface area contributed by atoms with Crippen molar-refractivity contribution in [2.24, 2.45) is 0 Å². The molecule has 0 aliphatic carbocycles. The summed E-state index contributed by atoms with van der Waals surface area (Å²) in [6.45, 7) is 10.1. The Morgan fingerprint density at radius 3 is 2.09 bits per heavy atom. The minimum absolute atomic E-state index is 0.425. The van der Waals surface area contributed by atoms with Crippen LogP contribution in [0.4, 0.5) is 0 Å². The van der Waals surface area contributed by atoms with Gasteiger partial charge in [-0.25, -0.2) is 0 Å². The smallest absolute Gasteiger partial charge is 0.488 e. The second-order valence-corrected chi connectivity index (χ2v) is 4.37. The summed E-state index contributed by atoms with van der Waals surface area (Å²) in [6.07, 6.45) is 11.5. The fourth-order valence-electron chi connectivity index (χ4n) is 1.30. The lowest BCUT2D eigenvalue weighted by atomic mass is 9.80. The van der Waals surface area contributed by atoms with Crippen LogP contribution in [0.1, 0.15) is 20.8 Å². The Labute approximate surface area is 134 Å². The lowest BCUT2D eigenvalue weighted by molar-refractivity contribution is 0.355. The van der Waals surface area contributed by atoms with E-state index in [1.165, 1.54) is 0 Å². The van der Waals surface area contributed by atoms with Crippen LogP contribution < -0.4 is 10.2 Å². The van der Waals surface area contributed by atoms with Gasteiger partial charge in [0.15, 0.2) is 0 Å². The van der Waals surface area contributed by atoms with Crippen LogP contribution >= 0.6 is 0 Å². The summed E-state index contributed by atoms with van der Waals surface area (Å²) < 4.78 is 5.55. The molecule has 1 aromatic rings. The third-order valence-electron chi connectivity index (χ3n) is 2.68. The van der Waals surface area contributed by atoms with E-state index in [9.17, 15) is 0 Å². The Hall–Kier alpha value is -2.04. The zero-order valence-corrected chi connectivity index (χ0v) is 13.6. The molecule has 4 heteroatoms. The molecule has 0 aliphatic rings. The van der Waals surface area contributed by atoms with Gasteiger partial charge in [-0.2, -0.15) is 0 Å². The van der Waals surface area contributed by atoms with Crippen LogP contribution in [0, 0.1) is 0 Å². The summed E-state index contributed by atoms with van der Waals surface area (Å²) in [7, 11) is -1.45. The Bertz CT molecular complexity index is 496. The normalized spacial score (nSPS) is 11.2. The predicted molar refractivity (Wildman–Crippen MR) is 95.3 cm³/mol.